The van der Waals surface area contributed by atoms with Crippen molar-refractivity contribution in [1.29, 1.82) is 0 Å². The zero-order chi connectivity index (χ0) is 29.1. The van der Waals surface area contributed by atoms with Gasteiger partial charge in [0.2, 0.25) is 5.91 Å². The molecule has 3 fully saturated rings. The lowest BCUT2D eigenvalue weighted by atomic mass is 9.99. The van der Waals surface area contributed by atoms with Crippen molar-refractivity contribution in [2.24, 2.45) is 0 Å². The molecular weight excluding hydrogens is 543 g/mol. The molecule has 2 amide bonds. The lowest BCUT2D eigenvalue weighted by Gasteiger charge is -2.37. The molecule has 222 valence electrons. The zero-order valence-corrected chi connectivity index (χ0v) is 22.4. The van der Waals surface area contributed by atoms with Crippen molar-refractivity contribution in [3.63, 3.8) is 0 Å². The average Bonchev–Trinajstić information content (AvgIpc) is 3.61. The Labute approximate surface area is 235 Å². The van der Waals surface area contributed by atoms with Crippen LogP contribution in [-0.2, 0) is 25.7 Å². The van der Waals surface area contributed by atoms with E-state index in [1.165, 1.54) is 0 Å². The summed E-state index contributed by atoms with van der Waals surface area (Å²) >= 11 is 0. The van der Waals surface area contributed by atoms with Crippen molar-refractivity contribution in [2.45, 2.75) is 69.1 Å². The molecule has 0 spiro atoms. The molecule has 3 heterocycles. The molecule has 0 saturated carbocycles. The van der Waals surface area contributed by atoms with Crippen LogP contribution in [0.5, 0.6) is 0 Å². The van der Waals surface area contributed by atoms with Crippen molar-refractivity contribution >= 4 is 17.5 Å². The maximum atomic E-state index is 12.9. The molecule has 3 saturated heterocycles. The number of alkyl halides is 3. The summed E-state index contributed by atoms with van der Waals surface area (Å²) in [6.07, 6.45) is -4.77. The van der Waals surface area contributed by atoms with Gasteiger partial charge in [0.25, 0.3) is 0 Å². The molecule has 12 heteroatoms. The smallest absolute Gasteiger partial charge is 0.392 e. The van der Waals surface area contributed by atoms with E-state index in [2.05, 4.69) is 10.2 Å². The van der Waals surface area contributed by atoms with E-state index < -0.39 is 30.3 Å². The first-order chi connectivity index (χ1) is 19.6. The first-order valence-corrected chi connectivity index (χ1v) is 13.8. The number of halogens is 3. The molecule has 3 aliphatic heterocycles. The number of benzene rings is 2. The molecule has 0 bridgehead atoms. The predicted octanol–water partition coefficient (Wildman–Crippen LogP) is 3.28. The van der Waals surface area contributed by atoms with Crippen LogP contribution < -0.4 is 5.32 Å². The molecule has 0 aliphatic carbocycles. The number of carbonyl (C=O) groups is 2. The molecule has 2 aromatic rings. The van der Waals surface area contributed by atoms with Crippen LogP contribution >= 0.6 is 0 Å². The Morgan fingerprint density at radius 1 is 0.976 bits per heavy atom. The van der Waals surface area contributed by atoms with E-state index in [1.807, 2.05) is 24.3 Å². The summed E-state index contributed by atoms with van der Waals surface area (Å²) in [5, 5.41) is 22.0. The van der Waals surface area contributed by atoms with Gasteiger partial charge < -0.3 is 29.9 Å². The highest BCUT2D eigenvalue weighted by Gasteiger charge is 2.47. The molecular formula is C29H34F3N3O6. The highest BCUT2D eigenvalue weighted by Crippen LogP contribution is 2.38. The first-order valence-electron chi connectivity index (χ1n) is 13.8. The van der Waals surface area contributed by atoms with Crippen LogP contribution in [0.1, 0.15) is 54.8 Å². The number of nitrogens with one attached hydrogen (secondary N) is 1. The molecule has 9 nitrogen and oxygen atoms in total. The summed E-state index contributed by atoms with van der Waals surface area (Å²) in [6.45, 7) is 1.82. The summed E-state index contributed by atoms with van der Waals surface area (Å²) in [7, 11) is 0. The number of nitrogens with zero attached hydrogens (tertiary/aromatic N) is 2. The van der Waals surface area contributed by atoms with Crippen molar-refractivity contribution in [3.05, 3.63) is 65.2 Å². The number of anilines is 1. The fraction of sp³-hybridized carbons (Fsp3) is 0.517. The molecule has 5 atom stereocenters. The summed E-state index contributed by atoms with van der Waals surface area (Å²) in [6, 6.07) is 13.0. The van der Waals surface area contributed by atoms with E-state index in [0.717, 1.165) is 24.1 Å². The molecule has 0 radical (unpaired) electrons. The van der Waals surface area contributed by atoms with Gasteiger partial charge in [0.15, 0.2) is 6.29 Å². The Kier molecular flexibility index (Phi) is 8.95. The Balaban J connectivity index is 1.27. The standard InChI is InChI=1S/C29H34F3N3O6/c30-29(31,32)28(39)35-12-1-2-24(35)26(38)33-21-9-7-20(8-10-21)27-40-23(16-34-13-11-22(37)15-34)14-25(41-27)19-5-3-18(17-36)4-6-19/h3-10,22-25,27,36-37H,1-2,11-17H2,(H,33,38). The second-order valence-corrected chi connectivity index (χ2v) is 10.8. The number of likely N-dealkylation sites (tertiary alicyclic amines) is 2. The van der Waals surface area contributed by atoms with Crippen LogP contribution in [0, 0.1) is 0 Å². The van der Waals surface area contributed by atoms with Gasteiger partial charge in [-0.2, -0.15) is 13.2 Å². The summed E-state index contributed by atoms with van der Waals surface area (Å²) in [4.78, 5) is 27.2. The van der Waals surface area contributed by atoms with Crippen LogP contribution in [0.3, 0.4) is 0 Å². The fourth-order valence-corrected chi connectivity index (χ4v) is 5.69. The maximum absolute atomic E-state index is 12.9. The number of hydrogen-bond acceptors (Lipinski definition) is 7. The Morgan fingerprint density at radius 3 is 2.32 bits per heavy atom. The molecule has 3 aliphatic rings. The van der Waals surface area contributed by atoms with Crippen molar-refractivity contribution in [3.8, 4) is 0 Å². The van der Waals surface area contributed by atoms with E-state index >= 15 is 0 Å². The van der Waals surface area contributed by atoms with Gasteiger partial charge in [-0.05, 0) is 42.5 Å². The van der Waals surface area contributed by atoms with Crippen LogP contribution in [0.25, 0.3) is 0 Å². The van der Waals surface area contributed by atoms with Crippen LogP contribution in [0.4, 0.5) is 18.9 Å². The monoisotopic (exact) mass is 577 g/mol. The summed E-state index contributed by atoms with van der Waals surface area (Å²) in [5.74, 6) is -2.67. The molecule has 2 aromatic carbocycles. The number of aliphatic hydroxyl groups is 2. The highest BCUT2D eigenvalue weighted by atomic mass is 19.4. The molecule has 5 rings (SSSR count). The van der Waals surface area contributed by atoms with E-state index in [0.29, 0.717) is 42.1 Å². The van der Waals surface area contributed by atoms with Gasteiger partial charge in [0, 0.05) is 43.9 Å². The Morgan fingerprint density at radius 2 is 1.68 bits per heavy atom. The quantitative estimate of drug-likeness (QED) is 0.463. The van der Waals surface area contributed by atoms with Gasteiger partial charge in [-0.15, -0.1) is 0 Å². The summed E-state index contributed by atoms with van der Waals surface area (Å²) in [5.41, 5.74) is 2.81. The Bertz CT molecular complexity index is 1210. The van der Waals surface area contributed by atoms with E-state index in [9.17, 15) is 33.0 Å². The number of carbonyl (C=O) groups excluding carboxylic acids is 2. The number of ether oxygens (including phenoxy) is 2. The van der Waals surface area contributed by atoms with Crippen LogP contribution in [-0.4, -0.2) is 82.4 Å². The average molecular weight is 578 g/mol. The normalized spacial score (nSPS) is 27.2. The van der Waals surface area contributed by atoms with Crippen molar-refractivity contribution in [2.75, 3.05) is 31.5 Å². The van der Waals surface area contributed by atoms with E-state index in [4.69, 9.17) is 9.47 Å². The third kappa shape index (κ3) is 7.07. The second-order valence-electron chi connectivity index (χ2n) is 10.8. The molecule has 3 N–H and O–H groups in total. The fourth-order valence-electron chi connectivity index (χ4n) is 5.69. The van der Waals surface area contributed by atoms with Gasteiger partial charge in [0.1, 0.15) is 6.04 Å². The number of rotatable bonds is 7. The number of amides is 2. The molecule has 5 unspecified atom stereocenters. The summed E-state index contributed by atoms with van der Waals surface area (Å²) < 4.78 is 51.5. The minimum Gasteiger partial charge on any atom is -0.392 e. The third-order valence-corrected chi connectivity index (χ3v) is 7.83. The minimum atomic E-state index is -5.03. The van der Waals surface area contributed by atoms with Crippen molar-refractivity contribution < 1.29 is 42.4 Å². The van der Waals surface area contributed by atoms with Crippen LogP contribution in [0.15, 0.2) is 48.5 Å². The van der Waals surface area contributed by atoms with Gasteiger partial charge in [-0.1, -0.05) is 36.4 Å². The second kappa shape index (κ2) is 12.5. The molecule has 0 aromatic heterocycles. The van der Waals surface area contributed by atoms with Gasteiger partial charge in [-0.3, -0.25) is 14.5 Å². The van der Waals surface area contributed by atoms with Gasteiger partial charge >= 0.3 is 12.1 Å². The van der Waals surface area contributed by atoms with Crippen molar-refractivity contribution in [1.82, 2.24) is 9.80 Å². The SMILES string of the molecule is O=C(Nc1ccc(C2OC(CN3CCC(O)C3)CC(c3ccc(CO)cc3)O2)cc1)C1CCCN1C(=O)C(F)(F)F. The number of β-amino-alcohol motifs (C(OH)–C–C–N with tert-alkyl or cyclic N) is 1. The molecule has 41 heavy (non-hydrogen) atoms. The maximum Gasteiger partial charge on any atom is 0.471 e. The van der Waals surface area contributed by atoms with E-state index in [-0.39, 0.29) is 37.9 Å². The van der Waals surface area contributed by atoms with Gasteiger partial charge in [-0.25, -0.2) is 0 Å². The van der Waals surface area contributed by atoms with Crippen LogP contribution in [0.2, 0.25) is 0 Å². The minimum absolute atomic E-state index is 0.0578. The van der Waals surface area contributed by atoms with E-state index in [1.54, 1.807) is 24.3 Å². The largest absolute Gasteiger partial charge is 0.471 e. The predicted molar refractivity (Wildman–Crippen MR) is 141 cm³/mol. The van der Waals surface area contributed by atoms with Gasteiger partial charge in [0.05, 0.1) is 24.9 Å². The lowest BCUT2D eigenvalue weighted by molar-refractivity contribution is -0.252. The topological polar surface area (TPSA) is 112 Å². The highest BCUT2D eigenvalue weighted by molar-refractivity contribution is 5.98. The first kappa shape index (κ1) is 29.5. The number of hydrogen-bond donors (Lipinski definition) is 3. The third-order valence-electron chi connectivity index (χ3n) is 7.83. The number of aliphatic hydroxyl groups excluding tert-OH is 2. The Hall–Kier alpha value is -3.03. The zero-order valence-electron chi connectivity index (χ0n) is 22.4. The lowest BCUT2D eigenvalue weighted by Crippen LogP contribution is -2.48.